The van der Waals surface area contributed by atoms with E-state index in [2.05, 4.69) is 35.9 Å². The van der Waals surface area contributed by atoms with Gasteiger partial charge < -0.3 is 21.1 Å². The minimum absolute atomic E-state index is 0.141. The summed E-state index contributed by atoms with van der Waals surface area (Å²) in [7, 11) is 0. The summed E-state index contributed by atoms with van der Waals surface area (Å²) in [4.78, 5) is 16.5. The van der Waals surface area contributed by atoms with Gasteiger partial charge in [0, 0.05) is 18.0 Å². The Balaban J connectivity index is 1.81. The fourth-order valence-corrected chi connectivity index (χ4v) is 2.58. The van der Waals surface area contributed by atoms with E-state index in [-0.39, 0.29) is 17.1 Å². The summed E-state index contributed by atoms with van der Waals surface area (Å²) in [6.07, 6.45) is -5.27. The second kappa shape index (κ2) is 8.94. The maximum atomic E-state index is 13.9. The first-order valence-corrected chi connectivity index (χ1v) is 9.37. The fraction of sp³-hybridized carbons (Fsp3) is 0.368. The Morgan fingerprint density at radius 3 is 2.59 bits per heavy atom. The van der Waals surface area contributed by atoms with Crippen molar-refractivity contribution in [2.24, 2.45) is 0 Å². The van der Waals surface area contributed by atoms with Gasteiger partial charge in [0.2, 0.25) is 0 Å². The number of alkyl halides is 4. The summed E-state index contributed by atoms with van der Waals surface area (Å²) >= 11 is 0. The second-order valence-corrected chi connectivity index (χ2v) is 7.51. The summed E-state index contributed by atoms with van der Waals surface area (Å²) in [6.45, 7) is 0.527. The molecule has 4 N–H and O–H groups in total. The number of hydrogen-bond acceptors (Lipinski definition) is 8. The van der Waals surface area contributed by atoms with Gasteiger partial charge in [-0.05, 0) is 42.4 Å². The Kier molecular flexibility index (Phi) is 6.48. The van der Waals surface area contributed by atoms with Gasteiger partial charge in [-0.1, -0.05) is 0 Å². The van der Waals surface area contributed by atoms with Crippen molar-refractivity contribution in [3.8, 4) is 0 Å². The molecule has 1 amide bonds. The minimum Gasteiger partial charge on any atom is -0.387 e. The highest BCUT2D eigenvalue weighted by Gasteiger charge is 2.29. The summed E-state index contributed by atoms with van der Waals surface area (Å²) in [6, 6.07) is 6.06. The van der Waals surface area contributed by atoms with Gasteiger partial charge in [0.1, 0.15) is 29.6 Å². The molecule has 13 heteroatoms. The average Bonchev–Trinajstić information content (AvgIpc) is 3.17. The first-order chi connectivity index (χ1) is 14.9. The van der Waals surface area contributed by atoms with Crippen LogP contribution in [0, 0.1) is 0 Å². The van der Waals surface area contributed by atoms with Gasteiger partial charge in [-0.3, -0.25) is 4.79 Å². The molecular formula is C19H20F4N6O3. The molecule has 1 atom stereocenters. The van der Waals surface area contributed by atoms with Gasteiger partial charge in [0.15, 0.2) is 0 Å². The Hall–Kier alpha value is -3.48. The number of nitrogens with zero attached hydrogens (tertiary/aromatic N) is 3. The standard InChI is InChI=1S/C19H20F4N6O3/c1-18(2,31)15(20)8-25-17(30)11-7-24-16(6-13(11)26-9-19(21,22)23)27-10-3-4-12-14(5-10)29-32-28-12/h3-7,15,31H,8-9H2,1-2H3,(H,25,30)(H2,24,26,27)/t15-/m1/s1. The van der Waals surface area contributed by atoms with Crippen molar-refractivity contribution < 1.29 is 32.1 Å². The summed E-state index contributed by atoms with van der Waals surface area (Å²) in [5, 5.41) is 24.3. The number of amides is 1. The van der Waals surface area contributed by atoms with Crippen molar-refractivity contribution in [1.29, 1.82) is 0 Å². The Labute approximate surface area is 179 Å². The molecule has 2 aromatic heterocycles. The minimum atomic E-state index is -4.54. The van der Waals surface area contributed by atoms with Crippen LogP contribution in [0.2, 0.25) is 0 Å². The van der Waals surface area contributed by atoms with E-state index in [0.717, 1.165) is 6.20 Å². The largest absolute Gasteiger partial charge is 0.405 e. The van der Waals surface area contributed by atoms with Gasteiger partial charge in [-0.25, -0.2) is 14.0 Å². The number of halogens is 4. The molecule has 0 unspecified atom stereocenters. The number of pyridine rings is 1. The molecular weight excluding hydrogens is 436 g/mol. The molecule has 0 radical (unpaired) electrons. The van der Waals surface area contributed by atoms with Gasteiger partial charge in [0.25, 0.3) is 5.91 Å². The molecule has 3 rings (SSSR count). The van der Waals surface area contributed by atoms with Crippen LogP contribution < -0.4 is 16.0 Å². The van der Waals surface area contributed by atoms with E-state index in [1.54, 1.807) is 18.2 Å². The predicted octanol–water partition coefficient (Wildman–Crippen LogP) is 3.17. The number of carbonyl (C=O) groups excluding carboxylic acids is 1. The lowest BCUT2D eigenvalue weighted by Crippen LogP contribution is -2.42. The van der Waals surface area contributed by atoms with Crippen LogP contribution in [-0.2, 0) is 0 Å². The number of hydrogen-bond donors (Lipinski definition) is 4. The molecule has 0 fully saturated rings. The van der Waals surface area contributed by atoms with Gasteiger partial charge in [-0.15, -0.1) is 0 Å². The zero-order chi connectivity index (χ0) is 23.5. The van der Waals surface area contributed by atoms with Crippen LogP contribution in [0.5, 0.6) is 0 Å². The van der Waals surface area contributed by atoms with E-state index in [9.17, 15) is 27.5 Å². The molecule has 3 aromatic rings. The Morgan fingerprint density at radius 2 is 1.91 bits per heavy atom. The molecule has 0 spiro atoms. The zero-order valence-electron chi connectivity index (χ0n) is 17.0. The fourth-order valence-electron chi connectivity index (χ4n) is 2.58. The molecule has 2 heterocycles. The molecule has 0 bridgehead atoms. The molecule has 0 saturated carbocycles. The Morgan fingerprint density at radius 1 is 1.19 bits per heavy atom. The van der Waals surface area contributed by atoms with Crippen molar-refractivity contribution in [1.82, 2.24) is 20.6 Å². The second-order valence-electron chi connectivity index (χ2n) is 7.51. The average molecular weight is 456 g/mol. The van der Waals surface area contributed by atoms with E-state index in [4.69, 9.17) is 0 Å². The van der Waals surface area contributed by atoms with Crippen LogP contribution in [0.15, 0.2) is 35.1 Å². The van der Waals surface area contributed by atoms with Crippen LogP contribution in [0.25, 0.3) is 11.0 Å². The monoisotopic (exact) mass is 456 g/mol. The lowest BCUT2D eigenvalue weighted by atomic mass is 10.0. The number of benzene rings is 1. The van der Waals surface area contributed by atoms with Crippen molar-refractivity contribution in [3.05, 3.63) is 36.0 Å². The number of nitrogens with one attached hydrogen (secondary N) is 3. The SMILES string of the molecule is CC(C)(O)[C@H](F)CNC(=O)c1cnc(Nc2ccc3nonc3c2)cc1NCC(F)(F)F. The summed E-state index contributed by atoms with van der Waals surface area (Å²) < 4.78 is 56.7. The molecule has 0 aliphatic rings. The maximum absolute atomic E-state index is 13.9. The highest BCUT2D eigenvalue weighted by atomic mass is 19.4. The number of anilines is 3. The first kappa shape index (κ1) is 23.2. The van der Waals surface area contributed by atoms with Gasteiger partial charge >= 0.3 is 6.18 Å². The van der Waals surface area contributed by atoms with Crippen LogP contribution in [0.4, 0.5) is 34.8 Å². The topological polar surface area (TPSA) is 125 Å². The molecule has 0 saturated heterocycles. The molecule has 1 aromatic carbocycles. The van der Waals surface area contributed by atoms with Crippen molar-refractivity contribution in [3.63, 3.8) is 0 Å². The third-order valence-corrected chi connectivity index (χ3v) is 4.36. The lowest BCUT2D eigenvalue weighted by Gasteiger charge is -2.22. The molecule has 172 valence electrons. The predicted molar refractivity (Wildman–Crippen MR) is 107 cm³/mol. The van der Waals surface area contributed by atoms with E-state index in [1.165, 1.54) is 19.9 Å². The molecule has 0 aliphatic carbocycles. The van der Waals surface area contributed by atoms with Crippen LogP contribution in [0.1, 0.15) is 24.2 Å². The number of fused-ring (bicyclic) bond motifs is 1. The quantitative estimate of drug-likeness (QED) is 0.381. The highest BCUT2D eigenvalue weighted by molar-refractivity contribution is 5.99. The molecule has 0 aliphatic heterocycles. The lowest BCUT2D eigenvalue weighted by molar-refractivity contribution is -0.115. The first-order valence-electron chi connectivity index (χ1n) is 9.37. The third-order valence-electron chi connectivity index (χ3n) is 4.36. The zero-order valence-corrected chi connectivity index (χ0v) is 17.0. The van der Waals surface area contributed by atoms with Crippen molar-refractivity contribution >= 4 is 34.1 Å². The maximum Gasteiger partial charge on any atom is 0.405 e. The smallest absolute Gasteiger partial charge is 0.387 e. The van der Waals surface area contributed by atoms with Gasteiger partial charge in [-0.2, -0.15) is 13.2 Å². The van der Waals surface area contributed by atoms with E-state index in [0.29, 0.717) is 16.7 Å². The number of carbonyl (C=O) groups is 1. The van der Waals surface area contributed by atoms with Crippen molar-refractivity contribution in [2.45, 2.75) is 31.8 Å². The molecule has 32 heavy (non-hydrogen) atoms. The van der Waals surface area contributed by atoms with E-state index >= 15 is 0 Å². The Bertz CT molecular complexity index is 1100. The number of aromatic nitrogens is 3. The highest BCUT2D eigenvalue weighted by Crippen LogP contribution is 2.25. The summed E-state index contributed by atoms with van der Waals surface area (Å²) in [5.41, 5.74) is -0.615. The molecule has 9 nitrogen and oxygen atoms in total. The third kappa shape index (κ3) is 6.03. The van der Waals surface area contributed by atoms with Crippen LogP contribution >= 0.6 is 0 Å². The summed E-state index contributed by atoms with van der Waals surface area (Å²) in [5.74, 6) is -0.711. The van der Waals surface area contributed by atoms with Crippen LogP contribution in [0.3, 0.4) is 0 Å². The van der Waals surface area contributed by atoms with Gasteiger partial charge in [0.05, 0.1) is 23.4 Å². The normalized spacial score (nSPS) is 13.1. The number of rotatable bonds is 8. The van der Waals surface area contributed by atoms with E-state index in [1.807, 2.05) is 0 Å². The van der Waals surface area contributed by atoms with E-state index < -0.39 is 36.9 Å². The number of aliphatic hydroxyl groups is 1. The van der Waals surface area contributed by atoms with Crippen LogP contribution in [-0.4, -0.2) is 57.3 Å². The van der Waals surface area contributed by atoms with Crippen molar-refractivity contribution in [2.75, 3.05) is 23.7 Å².